The molecule has 1 saturated carbocycles. The summed E-state index contributed by atoms with van der Waals surface area (Å²) in [5.74, 6) is 0.242. The fourth-order valence-corrected chi connectivity index (χ4v) is 3.97. The van der Waals surface area contributed by atoms with Gasteiger partial charge in [-0.05, 0) is 30.4 Å². The van der Waals surface area contributed by atoms with Crippen molar-refractivity contribution in [3.05, 3.63) is 27.2 Å². The molecule has 2 atom stereocenters. The first-order valence-corrected chi connectivity index (χ1v) is 6.98. The monoisotopic (exact) mass is 284 g/mol. The quantitative estimate of drug-likeness (QED) is 0.758. The van der Waals surface area contributed by atoms with Gasteiger partial charge in [0.05, 0.1) is 5.02 Å². The number of Topliss-reactive ketones (excluding diaryl/α,β-unsaturated/α-hetero) is 1. The van der Waals surface area contributed by atoms with Crippen molar-refractivity contribution in [1.29, 1.82) is 0 Å². The van der Waals surface area contributed by atoms with Crippen LogP contribution in [0.2, 0.25) is 10.0 Å². The maximum atomic E-state index is 12.6. The topological polar surface area (TPSA) is 37.3 Å². The lowest BCUT2D eigenvalue weighted by atomic mass is 9.68. The Hall–Kier alpha value is -0.730. The minimum Gasteiger partial charge on any atom is -0.506 e. The largest absolute Gasteiger partial charge is 0.506 e. The Labute approximate surface area is 116 Å². The van der Waals surface area contributed by atoms with Gasteiger partial charge in [-0.3, -0.25) is 4.79 Å². The highest BCUT2D eigenvalue weighted by molar-refractivity contribution is 6.45. The van der Waals surface area contributed by atoms with Crippen molar-refractivity contribution in [2.75, 3.05) is 0 Å². The second-order valence-corrected chi connectivity index (χ2v) is 6.29. The first kappa shape index (κ1) is 12.3. The highest BCUT2D eigenvalue weighted by Crippen LogP contribution is 2.58. The summed E-state index contributed by atoms with van der Waals surface area (Å²) in [6.07, 6.45) is 4.06. The van der Waals surface area contributed by atoms with Crippen LogP contribution < -0.4 is 0 Å². The van der Waals surface area contributed by atoms with Crippen molar-refractivity contribution >= 4 is 29.0 Å². The normalized spacial score (nSPS) is 30.2. The number of phenols is 1. The van der Waals surface area contributed by atoms with Crippen molar-refractivity contribution in [2.45, 2.75) is 38.5 Å². The standard InChI is InChI=1S/C14H14Cl2O2/c1-14-5-3-2-4-8(14)7-6-9(17)11(15)12(16)10(7)13(14)18/h6,8,17H,2-5H2,1H3/t8-,14-/m0/s1. The molecule has 18 heavy (non-hydrogen) atoms. The number of hydrogen-bond donors (Lipinski definition) is 1. The molecule has 4 heteroatoms. The zero-order valence-corrected chi connectivity index (χ0v) is 11.6. The third-order valence-electron chi connectivity index (χ3n) is 4.55. The predicted molar refractivity (Wildman–Crippen MR) is 71.8 cm³/mol. The van der Waals surface area contributed by atoms with Crippen molar-refractivity contribution in [3.63, 3.8) is 0 Å². The van der Waals surface area contributed by atoms with Gasteiger partial charge in [-0.15, -0.1) is 0 Å². The van der Waals surface area contributed by atoms with Gasteiger partial charge in [-0.1, -0.05) is 43.0 Å². The number of phenolic OH excluding ortho intramolecular Hbond substituents is 1. The lowest BCUT2D eigenvalue weighted by molar-refractivity contribution is 0.0748. The Morgan fingerprint density at radius 3 is 2.78 bits per heavy atom. The number of carbonyl (C=O) groups is 1. The fourth-order valence-electron chi connectivity index (χ4n) is 3.53. The lowest BCUT2D eigenvalue weighted by Gasteiger charge is -2.34. The minimum absolute atomic E-state index is 0.0250. The average molecular weight is 285 g/mol. The number of hydrogen-bond acceptors (Lipinski definition) is 2. The molecule has 1 aromatic carbocycles. The van der Waals surface area contributed by atoms with Crippen molar-refractivity contribution in [2.24, 2.45) is 5.41 Å². The SMILES string of the molecule is C[C@]12CCCC[C@H]1c1cc(O)c(Cl)c(Cl)c1C2=O. The van der Waals surface area contributed by atoms with Crippen LogP contribution in [-0.2, 0) is 0 Å². The summed E-state index contributed by atoms with van der Waals surface area (Å²) in [6, 6.07) is 1.63. The van der Waals surface area contributed by atoms with Crippen LogP contribution in [0.5, 0.6) is 5.75 Å². The van der Waals surface area contributed by atoms with E-state index in [2.05, 4.69) is 0 Å². The highest BCUT2D eigenvalue weighted by Gasteiger charge is 2.51. The van der Waals surface area contributed by atoms with Crippen molar-refractivity contribution < 1.29 is 9.90 Å². The van der Waals surface area contributed by atoms with E-state index in [0.717, 1.165) is 31.2 Å². The third-order valence-corrected chi connectivity index (χ3v) is 5.40. The molecule has 0 unspecified atom stereocenters. The molecule has 3 rings (SSSR count). The summed E-state index contributed by atoms with van der Waals surface area (Å²) in [4.78, 5) is 12.6. The molecule has 2 nitrogen and oxygen atoms in total. The third kappa shape index (κ3) is 1.39. The molecule has 1 N–H and O–H groups in total. The molecule has 2 aliphatic rings. The number of rotatable bonds is 0. The van der Waals surface area contributed by atoms with Crippen molar-refractivity contribution in [1.82, 2.24) is 0 Å². The summed E-state index contributed by atoms with van der Waals surface area (Å²) in [5, 5.41) is 10.1. The predicted octanol–water partition coefficient (Wildman–Crippen LogP) is 4.56. The van der Waals surface area contributed by atoms with Crippen LogP contribution >= 0.6 is 23.2 Å². The molecule has 0 spiro atoms. The van der Waals surface area contributed by atoms with Crippen LogP contribution in [0.1, 0.15) is 54.4 Å². The zero-order chi connectivity index (χ0) is 13.1. The summed E-state index contributed by atoms with van der Waals surface area (Å²) >= 11 is 12.1. The van der Waals surface area contributed by atoms with E-state index in [1.807, 2.05) is 6.92 Å². The van der Waals surface area contributed by atoms with Crippen LogP contribution in [0.25, 0.3) is 0 Å². The van der Waals surface area contributed by atoms with E-state index in [-0.39, 0.29) is 32.9 Å². The lowest BCUT2D eigenvalue weighted by Crippen LogP contribution is -2.30. The van der Waals surface area contributed by atoms with E-state index in [9.17, 15) is 9.90 Å². The molecule has 0 radical (unpaired) electrons. The number of carbonyl (C=O) groups excluding carboxylic acids is 1. The van der Waals surface area contributed by atoms with Gasteiger partial charge in [0.2, 0.25) is 0 Å². The molecule has 0 amide bonds. The van der Waals surface area contributed by atoms with Gasteiger partial charge in [0.25, 0.3) is 0 Å². The van der Waals surface area contributed by atoms with Gasteiger partial charge >= 0.3 is 0 Å². The van der Waals surface area contributed by atoms with E-state index < -0.39 is 0 Å². The Balaban J connectivity index is 2.27. The van der Waals surface area contributed by atoms with E-state index in [0.29, 0.717) is 5.56 Å². The van der Waals surface area contributed by atoms with Gasteiger partial charge in [0, 0.05) is 11.0 Å². The van der Waals surface area contributed by atoms with E-state index >= 15 is 0 Å². The molecule has 1 fully saturated rings. The second-order valence-electron chi connectivity index (χ2n) is 5.53. The van der Waals surface area contributed by atoms with Crippen LogP contribution in [0.4, 0.5) is 0 Å². The van der Waals surface area contributed by atoms with Crippen LogP contribution in [0.3, 0.4) is 0 Å². The molecule has 2 aliphatic carbocycles. The maximum Gasteiger partial charge on any atom is 0.171 e. The molecule has 0 heterocycles. The van der Waals surface area contributed by atoms with Crippen LogP contribution in [0.15, 0.2) is 6.07 Å². The fraction of sp³-hybridized carbons (Fsp3) is 0.500. The Morgan fingerprint density at radius 2 is 2.06 bits per heavy atom. The summed E-state index contributed by atoms with van der Waals surface area (Å²) in [6.45, 7) is 2.01. The van der Waals surface area contributed by atoms with Gasteiger partial charge in [0.15, 0.2) is 5.78 Å². The molecular formula is C14H14Cl2O2. The molecule has 0 saturated heterocycles. The number of halogens is 2. The number of fused-ring (bicyclic) bond motifs is 3. The van der Waals surface area contributed by atoms with Gasteiger partial charge in [-0.2, -0.15) is 0 Å². The van der Waals surface area contributed by atoms with E-state index in [1.54, 1.807) is 6.07 Å². The molecule has 1 aromatic rings. The van der Waals surface area contributed by atoms with Crippen molar-refractivity contribution in [3.8, 4) is 5.75 Å². The second kappa shape index (κ2) is 3.88. The summed E-state index contributed by atoms with van der Waals surface area (Å²) in [5.41, 5.74) is 1.06. The first-order valence-electron chi connectivity index (χ1n) is 6.22. The molecule has 0 aromatic heterocycles. The number of ketones is 1. The molecule has 96 valence electrons. The minimum atomic E-state index is -0.360. The zero-order valence-electron chi connectivity index (χ0n) is 10.1. The average Bonchev–Trinajstić information content (AvgIpc) is 2.56. The van der Waals surface area contributed by atoms with Gasteiger partial charge < -0.3 is 5.11 Å². The molecular weight excluding hydrogens is 271 g/mol. The summed E-state index contributed by atoms with van der Waals surface area (Å²) in [7, 11) is 0. The van der Waals surface area contributed by atoms with E-state index in [1.165, 1.54) is 0 Å². The van der Waals surface area contributed by atoms with Crippen LogP contribution in [-0.4, -0.2) is 10.9 Å². The van der Waals surface area contributed by atoms with Gasteiger partial charge in [-0.25, -0.2) is 0 Å². The summed E-state index contributed by atoms with van der Waals surface area (Å²) < 4.78 is 0. The molecule has 0 bridgehead atoms. The molecule has 0 aliphatic heterocycles. The smallest absolute Gasteiger partial charge is 0.171 e. The Kier molecular flexibility index (Phi) is 2.65. The Morgan fingerprint density at radius 1 is 1.33 bits per heavy atom. The van der Waals surface area contributed by atoms with E-state index in [4.69, 9.17) is 23.2 Å². The first-order chi connectivity index (χ1) is 8.47. The number of benzene rings is 1. The Bertz CT molecular complexity index is 553. The maximum absolute atomic E-state index is 12.6. The van der Waals surface area contributed by atoms with Gasteiger partial charge in [0.1, 0.15) is 10.8 Å². The number of aromatic hydroxyl groups is 1. The van der Waals surface area contributed by atoms with Crippen LogP contribution in [0, 0.1) is 5.41 Å². The highest BCUT2D eigenvalue weighted by atomic mass is 35.5.